The first-order chi connectivity index (χ1) is 19.1. The Morgan fingerprint density at radius 2 is 1.87 bits per heavy atom. The first kappa shape index (κ1) is 28.0. The second-order valence-corrected chi connectivity index (χ2v) is 9.92. The van der Waals surface area contributed by atoms with E-state index in [4.69, 9.17) is 0 Å². The van der Waals surface area contributed by atoms with E-state index in [0.29, 0.717) is 0 Å². The molecule has 1 heterocycles. The Hall–Kier alpha value is -4.04. The molecule has 0 saturated carbocycles. The molecule has 0 N–H and O–H groups in total. The molecule has 2 nitrogen and oxygen atoms in total. The van der Waals surface area contributed by atoms with Gasteiger partial charge in [0.1, 0.15) is 0 Å². The van der Waals surface area contributed by atoms with Crippen LogP contribution < -0.4 is 4.90 Å². The maximum absolute atomic E-state index is 4.47. The molecule has 2 heteroatoms. The van der Waals surface area contributed by atoms with Crippen molar-refractivity contribution in [3.8, 4) is 0 Å². The molecule has 2 aromatic rings. The minimum atomic E-state index is 0.778. The van der Waals surface area contributed by atoms with Gasteiger partial charge in [0.25, 0.3) is 0 Å². The molecule has 1 aliphatic carbocycles. The highest BCUT2D eigenvalue weighted by molar-refractivity contribution is 6.00. The lowest BCUT2D eigenvalue weighted by Gasteiger charge is -2.28. The number of fused-ring (bicyclic) bond motifs is 2. The van der Waals surface area contributed by atoms with E-state index in [9.17, 15) is 0 Å². The molecule has 0 amide bonds. The van der Waals surface area contributed by atoms with E-state index in [1.54, 1.807) is 0 Å². The van der Waals surface area contributed by atoms with Crippen molar-refractivity contribution >= 4 is 22.5 Å². The van der Waals surface area contributed by atoms with Gasteiger partial charge >= 0.3 is 0 Å². The average Bonchev–Trinajstić information content (AvgIpc) is 3.06. The first-order valence-electron chi connectivity index (χ1n) is 14.2. The number of benzene rings is 2. The Morgan fingerprint density at radius 1 is 1.03 bits per heavy atom. The van der Waals surface area contributed by atoms with Crippen LogP contribution in [0.2, 0.25) is 0 Å². The molecule has 0 fully saturated rings. The zero-order valence-corrected chi connectivity index (χ0v) is 23.9. The predicted molar refractivity (Wildman–Crippen MR) is 173 cm³/mol. The normalized spacial score (nSPS) is 19.3. The molecule has 0 aromatic heterocycles. The fourth-order valence-corrected chi connectivity index (χ4v) is 5.38. The van der Waals surface area contributed by atoms with Crippen molar-refractivity contribution in [2.75, 3.05) is 18.0 Å². The minimum absolute atomic E-state index is 0.778. The number of likely N-dealkylation sites (N-methyl/N-ethyl adjacent to an activating group) is 1. The lowest BCUT2D eigenvalue weighted by molar-refractivity contribution is 0.453. The smallest absolute Gasteiger partial charge is 0.0564 e. The molecule has 0 saturated heterocycles. The summed E-state index contributed by atoms with van der Waals surface area (Å²) in [5, 5.41) is 2.60. The van der Waals surface area contributed by atoms with E-state index >= 15 is 0 Å². The van der Waals surface area contributed by atoms with Crippen LogP contribution in [0.15, 0.2) is 133 Å². The van der Waals surface area contributed by atoms with Crippen molar-refractivity contribution in [3.05, 3.63) is 144 Å². The van der Waals surface area contributed by atoms with Crippen LogP contribution in [-0.2, 0) is 6.42 Å². The Balaban J connectivity index is 1.79. The van der Waals surface area contributed by atoms with Crippen molar-refractivity contribution in [1.29, 1.82) is 0 Å². The van der Waals surface area contributed by atoms with Gasteiger partial charge in [0.15, 0.2) is 0 Å². The second kappa shape index (κ2) is 13.7. The number of hydrogen-bond donors (Lipinski definition) is 0. The van der Waals surface area contributed by atoms with Gasteiger partial charge in [-0.1, -0.05) is 111 Å². The van der Waals surface area contributed by atoms with Crippen LogP contribution in [0, 0.1) is 0 Å². The van der Waals surface area contributed by atoms with Gasteiger partial charge < -0.3 is 9.80 Å². The molecule has 200 valence electrons. The number of aryl methyl sites for hydroxylation is 1. The van der Waals surface area contributed by atoms with Crippen LogP contribution in [-0.4, -0.2) is 18.0 Å². The van der Waals surface area contributed by atoms with Crippen LogP contribution in [0.25, 0.3) is 16.8 Å². The Bertz CT molecular complexity index is 1420. The van der Waals surface area contributed by atoms with Crippen molar-refractivity contribution in [2.24, 2.45) is 0 Å². The van der Waals surface area contributed by atoms with Crippen LogP contribution in [0.5, 0.6) is 0 Å². The second-order valence-electron chi connectivity index (χ2n) is 9.92. The fraction of sp³-hybridized carbons (Fsp3) is 0.243. The topological polar surface area (TPSA) is 6.48 Å². The van der Waals surface area contributed by atoms with Crippen molar-refractivity contribution < 1.29 is 0 Å². The van der Waals surface area contributed by atoms with E-state index in [-0.39, 0.29) is 0 Å². The van der Waals surface area contributed by atoms with Crippen LogP contribution in [0.4, 0.5) is 5.69 Å². The van der Waals surface area contributed by atoms with Crippen molar-refractivity contribution in [3.63, 3.8) is 0 Å². The largest absolute Gasteiger partial charge is 0.345 e. The van der Waals surface area contributed by atoms with Gasteiger partial charge in [-0.3, -0.25) is 0 Å². The third-order valence-corrected chi connectivity index (χ3v) is 7.27. The lowest BCUT2D eigenvalue weighted by atomic mass is 9.91. The van der Waals surface area contributed by atoms with E-state index in [2.05, 4.69) is 128 Å². The standard InChI is InChI=1S/C37H42N2/c1-6-9-11-19-30(5)39(8-3)36-25-17-27-38(26-16-24-33(36)29(4)18-10-7-2)37-34-22-14-12-20-31(34)28-32-21-13-15-23-35(32)37/h6,9-12,14-20,22-24,27-28H,4-5,7-8,13,21,25-26H2,1-3H3/b9-6-,18-10-,19-11-,24-16-,27-17-,36-33-. The number of allylic oxidation sites excluding steroid dienone is 11. The van der Waals surface area contributed by atoms with E-state index in [1.807, 2.05) is 19.1 Å². The summed E-state index contributed by atoms with van der Waals surface area (Å²) in [7, 11) is 0. The summed E-state index contributed by atoms with van der Waals surface area (Å²) in [6, 6.07) is 11.2. The summed E-state index contributed by atoms with van der Waals surface area (Å²) in [5.74, 6) is 0. The quantitative estimate of drug-likeness (QED) is 0.307. The predicted octanol–water partition coefficient (Wildman–Crippen LogP) is 9.82. The molecule has 0 unspecified atom stereocenters. The molecule has 39 heavy (non-hydrogen) atoms. The summed E-state index contributed by atoms with van der Waals surface area (Å²) < 4.78 is 0. The Labute approximate surface area is 235 Å². The number of rotatable bonds is 9. The summed E-state index contributed by atoms with van der Waals surface area (Å²) in [5.41, 5.74) is 8.45. The molecular weight excluding hydrogens is 472 g/mol. The van der Waals surface area contributed by atoms with Gasteiger partial charge in [-0.05, 0) is 55.7 Å². The van der Waals surface area contributed by atoms with E-state index < -0.39 is 0 Å². The highest BCUT2D eigenvalue weighted by Gasteiger charge is 2.19. The van der Waals surface area contributed by atoms with Crippen LogP contribution in [0.1, 0.15) is 51.2 Å². The Kier molecular flexibility index (Phi) is 9.80. The molecular formula is C37H42N2. The maximum Gasteiger partial charge on any atom is 0.0564 e. The summed E-state index contributed by atoms with van der Waals surface area (Å²) in [6.45, 7) is 16.9. The number of nitrogens with zero attached hydrogens (tertiary/aromatic N) is 2. The van der Waals surface area contributed by atoms with Gasteiger partial charge in [0, 0.05) is 53.6 Å². The van der Waals surface area contributed by atoms with E-state index in [0.717, 1.165) is 55.6 Å². The monoisotopic (exact) mass is 514 g/mol. The third-order valence-electron chi connectivity index (χ3n) is 7.27. The molecule has 2 aromatic carbocycles. The van der Waals surface area contributed by atoms with Crippen LogP contribution >= 0.6 is 0 Å². The molecule has 2 aliphatic rings. The van der Waals surface area contributed by atoms with Crippen LogP contribution in [0.3, 0.4) is 0 Å². The summed E-state index contributed by atoms with van der Waals surface area (Å²) in [6.07, 6.45) is 30.2. The van der Waals surface area contributed by atoms with Gasteiger partial charge in [0.2, 0.25) is 0 Å². The number of hydrogen-bond acceptors (Lipinski definition) is 2. The first-order valence-corrected chi connectivity index (χ1v) is 14.2. The average molecular weight is 515 g/mol. The lowest BCUT2D eigenvalue weighted by Crippen LogP contribution is -2.22. The molecule has 0 spiro atoms. The molecule has 1 aliphatic heterocycles. The molecule has 4 rings (SSSR count). The summed E-state index contributed by atoms with van der Waals surface area (Å²) in [4.78, 5) is 4.72. The zero-order chi connectivity index (χ0) is 27.6. The fourth-order valence-electron chi connectivity index (χ4n) is 5.38. The van der Waals surface area contributed by atoms with Gasteiger partial charge in [-0.15, -0.1) is 0 Å². The summed E-state index contributed by atoms with van der Waals surface area (Å²) >= 11 is 0. The SMILES string of the molecule is C=C(/C=C\CC)C1=C(\N(CC)C(=C)/C=C\C=C/C)C/C=C\N(c2c3c(cc4ccccc24)CCC=C3)C/C=C\1. The van der Waals surface area contributed by atoms with Crippen molar-refractivity contribution in [1.82, 2.24) is 4.90 Å². The van der Waals surface area contributed by atoms with Crippen molar-refractivity contribution in [2.45, 2.75) is 46.5 Å². The maximum atomic E-state index is 4.47. The van der Waals surface area contributed by atoms with E-state index in [1.165, 1.54) is 33.3 Å². The van der Waals surface area contributed by atoms with Gasteiger partial charge in [-0.2, -0.15) is 0 Å². The molecule has 0 bridgehead atoms. The third kappa shape index (κ3) is 6.52. The van der Waals surface area contributed by atoms with Gasteiger partial charge in [-0.25, -0.2) is 0 Å². The minimum Gasteiger partial charge on any atom is -0.345 e. The molecule has 0 radical (unpaired) electrons. The number of anilines is 1. The molecule has 0 atom stereocenters. The Morgan fingerprint density at radius 3 is 2.67 bits per heavy atom. The van der Waals surface area contributed by atoms with Gasteiger partial charge in [0.05, 0.1) is 5.69 Å². The highest BCUT2D eigenvalue weighted by Crippen LogP contribution is 2.38. The highest BCUT2D eigenvalue weighted by atomic mass is 15.1. The zero-order valence-electron chi connectivity index (χ0n) is 23.9.